The Labute approximate surface area is 200 Å². The van der Waals surface area contributed by atoms with Crippen LogP contribution in [0, 0.1) is 0 Å². The van der Waals surface area contributed by atoms with Gasteiger partial charge in [-0.05, 0) is 50.1 Å². The van der Waals surface area contributed by atoms with Gasteiger partial charge in [0.25, 0.3) is 5.56 Å². The topological polar surface area (TPSA) is 106 Å². The van der Waals surface area contributed by atoms with Crippen LogP contribution in [-0.2, 0) is 4.74 Å². The van der Waals surface area contributed by atoms with Crippen LogP contribution in [0.3, 0.4) is 0 Å². The molecule has 0 radical (unpaired) electrons. The van der Waals surface area contributed by atoms with Gasteiger partial charge in [0.15, 0.2) is 5.82 Å². The van der Waals surface area contributed by atoms with Gasteiger partial charge >= 0.3 is 0 Å². The first-order chi connectivity index (χ1) is 17.1. The standard InChI is InChI=1S/C25H24N8O2/c1-16(12-35-2)32-15-28-30-24(32)21-4-3-5-23(29-21)33-14-27-20-9-8-18(10-19(20)25(33)34)31-11-22(26-13-31)17-6-7-17/h3-5,8-11,13-17H,6-7,12H2,1-2H3. The SMILES string of the molecule is COCC(C)n1cnnc1-c1cccc(-n2cnc3ccc(-n4cnc(C5CC5)c4)cc3c2=O)n1. The maximum absolute atomic E-state index is 13.5. The molecule has 1 atom stereocenters. The van der Waals surface area contributed by atoms with E-state index in [1.165, 1.54) is 23.7 Å². The highest BCUT2D eigenvalue weighted by molar-refractivity contribution is 5.80. The Morgan fingerprint density at radius 2 is 2.00 bits per heavy atom. The Kier molecular flexibility index (Phi) is 5.22. The van der Waals surface area contributed by atoms with Gasteiger partial charge in [-0.15, -0.1) is 10.2 Å². The Bertz CT molecular complexity index is 1580. The van der Waals surface area contributed by atoms with E-state index in [0.29, 0.717) is 40.8 Å². The molecule has 0 amide bonds. The van der Waals surface area contributed by atoms with Gasteiger partial charge in [0.1, 0.15) is 24.2 Å². The van der Waals surface area contributed by atoms with Crippen LogP contribution in [0.5, 0.6) is 0 Å². The first-order valence-electron chi connectivity index (χ1n) is 11.5. The third-order valence-electron chi connectivity index (χ3n) is 6.30. The van der Waals surface area contributed by atoms with Crippen LogP contribution in [0.1, 0.15) is 37.4 Å². The van der Waals surface area contributed by atoms with Crippen LogP contribution < -0.4 is 5.56 Å². The molecule has 6 rings (SSSR count). The van der Waals surface area contributed by atoms with Crippen LogP contribution in [0.4, 0.5) is 0 Å². The second-order valence-corrected chi connectivity index (χ2v) is 8.85. The number of benzene rings is 1. The van der Waals surface area contributed by atoms with Crippen molar-refractivity contribution in [2.45, 2.75) is 31.7 Å². The van der Waals surface area contributed by atoms with E-state index in [0.717, 1.165) is 11.4 Å². The number of rotatable bonds is 7. The molecule has 5 aromatic rings. The highest BCUT2D eigenvalue weighted by atomic mass is 16.5. The molecule has 10 heteroatoms. The Hall–Kier alpha value is -4.18. The lowest BCUT2D eigenvalue weighted by Gasteiger charge is -2.14. The molecule has 1 unspecified atom stereocenters. The smallest absolute Gasteiger partial charge is 0.267 e. The lowest BCUT2D eigenvalue weighted by atomic mass is 10.2. The Morgan fingerprint density at radius 1 is 1.11 bits per heavy atom. The van der Waals surface area contributed by atoms with E-state index in [2.05, 4.69) is 20.2 Å². The molecule has 0 spiro atoms. The quantitative estimate of drug-likeness (QED) is 0.361. The fourth-order valence-electron chi connectivity index (χ4n) is 4.26. The number of methoxy groups -OCH3 is 1. The van der Waals surface area contributed by atoms with Crippen molar-refractivity contribution >= 4 is 10.9 Å². The number of pyridine rings is 1. The molecule has 0 aliphatic heterocycles. The predicted molar refractivity (Wildman–Crippen MR) is 130 cm³/mol. The van der Waals surface area contributed by atoms with Crippen LogP contribution >= 0.6 is 0 Å². The minimum absolute atomic E-state index is 0.0301. The molecule has 4 heterocycles. The molecule has 1 aliphatic carbocycles. The van der Waals surface area contributed by atoms with Crippen molar-refractivity contribution in [3.63, 3.8) is 0 Å². The van der Waals surface area contributed by atoms with Gasteiger partial charge in [0, 0.05) is 24.9 Å². The van der Waals surface area contributed by atoms with E-state index in [9.17, 15) is 4.79 Å². The van der Waals surface area contributed by atoms with Crippen molar-refractivity contribution in [3.05, 3.63) is 77.6 Å². The van der Waals surface area contributed by atoms with E-state index >= 15 is 0 Å². The first kappa shape index (κ1) is 21.4. The molecular formula is C25H24N8O2. The Balaban J connectivity index is 1.39. The molecule has 0 bridgehead atoms. The average Bonchev–Trinajstić information content (AvgIpc) is 3.40. The van der Waals surface area contributed by atoms with Gasteiger partial charge < -0.3 is 13.9 Å². The Morgan fingerprint density at radius 3 is 2.83 bits per heavy atom. The maximum Gasteiger partial charge on any atom is 0.267 e. The molecular weight excluding hydrogens is 444 g/mol. The highest BCUT2D eigenvalue weighted by Crippen LogP contribution is 2.39. The summed E-state index contributed by atoms with van der Waals surface area (Å²) in [6, 6.07) is 11.2. The molecule has 176 valence electrons. The summed E-state index contributed by atoms with van der Waals surface area (Å²) in [7, 11) is 1.66. The van der Waals surface area contributed by atoms with Crippen molar-refractivity contribution < 1.29 is 4.74 Å². The predicted octanol–water partition coefficient (Wildman–Crippen LogP) is 3.31. The first-order valence-corrected chi connectivity index (χ1v) is 11.5. The zero-order chi connectivity index (χ0) is 23.9. The summed E-state index contributed by atoms with van der Waals surface area (Å²) in [5.41, 5.74) is 3.01. The number of imidazole rings is 1. The number of nitrogens with zero attached hydrogens (tertiary/aromatic N) is 8. The third-order valence-corrected chi connectivity index (χ3v) is 6.30. The van der Waals surface area contributed by atoms with Gasteiger partial charge in [-0.3, -0.25) is 9.36 Å². The summed E-state index contributed by atoms with van der Waals surface area (Å²) in [5.74, 6) is 1.63. The van der Waals surface area contributed by atoms with Gasteiger partial charge in [0.05, 0.1) is 35.6 Å². The van der Waals surface area contributed by atoms with Gasteiger partial charge in [-0.25, -0.2) is 15.0 Å². The molecule has 0 N–H and O–H groups in total. The fraction of sp³-hybridized carbons (Fsp3) is 0.280. The largest absolute Gasteiger partial charge is 0.383 e. The summed E-state index contributed by atoms with van der Waals surface area (Å²) < 4.78 is 10.6. The minimum atomic E-state index is -0.196. The van der Waals surface area contributed by atoms with Crippen LogP contribution in [0.25, 0.3) is 33.9 Å². The van der Waals surface area contributed by atoms with Crippen molar-refractivity contribution in [1.82, 2.24) is 38.9 Å². The third kappa shape index (κ3) is 3.91. The molecule has 1 aliphatic rings. The second-order valence-electron chi connectivity index (χ2n) is 8.85. The average molecular weight is 469 g/mol. The summed E-state index contributed by atoms with van der Waals surface area (Å²) in [4.78, 5) is 27.2. The molecule has 0 saturated heterocycles. The normalized spacial score (nSPS) is 14.5. The summed E-state index contributed by atoms with van der Waals surface area (Å²) in [5, 5.41) is 8.80. The maximum atomic E-state index is 13.5. The van der Waals surface area contributed by atoms with Gasteiger partial charge in [-0.2, -0.15) is 0 Å². The van der Waals surface area contributed by atoms with Gasteiger partial charge in [0.2, 0.25) is 0 Å². The fourth-order valence-corrected chi connectivity index (χ4v) is 4.26. The zero-order valence-electron chi connectivity index (χ0n) is 19.4. The highest BCUT2D eigenvalue weighted by Gasteiger charge is 2.25. The van der Waals surface area contributed by atoms with Gasteiger partial charge in [-0.1, -0.05) is 6.07 Å². The summed E-state index contributed by atoms with van der Waals surface area (Å²) >= 11 is 0. The van der Waals surface area contributed by atoms with E-state index < -0.39 is 0 Å². The van der Waals surface area contributed by atoms with Crippen molar-refractivity contribution in [3.8, 4) is 23.0 Å². The van der Waals surface area contributed by atoms with E-state index in [1.807, 2.05) is 52.6 Å². The zero-order valence-corrected chi connectivity index (χ0v) is 19.4. The van der Waals surface area contributed by atoms with Crippen LogP contribution in [0.15, 0.2) is 66.4 Å². The second kappa shape index (κ2) is 8.55. The van der Waals surface area contributed by atoms with Crippen LogP contribution in [-0.4, -0.2) is 52.6 Å². The van der Waals surface area contributed by atoms with Crippen molar-refractivity contribution in [2.75, 3.05) is 13.7 Å². The molecule has 1 aromatic carbocycles. The van der Waals surface area contributed by atoms with E-state index in [1.54, 1.807) is 25.8 Å². The number of hydrogen-bond acceptors (Lipinski definition) is 7. The van der Waals surface area contributed by atoms with Crippen LogP contribution in [0.2, 0.25) is 0 Å². The lowest BCUT2D eigenvalue weighted by molar-refractivity contribution is 0.162. The number of hydrogen-bond donors (Lipinski definition) is 0. The molecule has 10 nitrogen and oxygen atoms in total. The van der Waals surface area contributed by atoms with E-state index in [-0.39, 0.29) is 11.6 Å². The number of fused-ring (bicyclic) bond motifs is 1. The van der Waals surface area contributed by atoms with E-state index in [4.69, 9.17) is 9.72 Å². The molecule has 1 saturated carbocycles. The molecule has 35 heavy (non-hydrogen) atoms. The summed E-state index contributed by atoms with van der Waals surface area (Å²) in [6.45, 7) is 2.53. The molecule has 1 fully saturated rings. The number of ether oxygens (including phenoxy) is 1. The minimum Gasteiger partial charge on any atom is -0.383 e. The van der Waals surface area contributed by atoms with Crippen molar-refractivity contribution in [2.24, 2.45) is 0 Å². The van der Waals surface area contributed by atoms with Crippen molar-refractivity contribution in [1.29, 1.82) is 0 Å². The summed E-state index contributed by atoms with van der Waals surface area (Å²) in [6.07, 6.45) is 9.39. The molecule has 4 aromatic heterocycles. The monoisotopic (exact) mass is 468 g/mol. The lowest BCUT2D eigenvalue weighted by Crippen LogP contribution is -2.20. The number of aromatic nitrogens is 8.